The first-order valence-corrected chi connectivity index (χ1v) is 9.78. The maximum Gasteiger partial charge on any atom is 0.234 e. The van der Waals surface area contributed by atoms with Crippen LogP contribution in [-0.2, 0) is 11.3 Å². The van der Waals surface area contributed by atoms with Crippen molar-refractivity contribution >= 4 is 39.3 Å². The molecule has 6 heteroatoms. The molecule has 0 fully saturated rings. The SMILES string of the molecule is Cc1ccc(NC(=O)CSc2nc(C)c(C)n2CC(C)C)c(Br)c1. The number of nitrogens with zero attached hydrogens (tertiary/aromatic N) is 2. The molecule has 2 aromatic rings. The lowest BCUT2D eigenvalue weighted by Crippen LogP contribution is -2.15. The number of rotatable bonds is 6. The zero-order valence-electron chi connectivity index (χ0n) is 14.8. The number of halogens is 1. The summed E-state index contributed by atoms with van der Waals surface area (Å²) in [5, 5.41) is 3.86. The first-order valence-electron chi connectivity index (χ1n) is 8.00. The van der Waals surface area contributed by atoms with Gasteiger partial charge in [0.05, 0.1) is 17.1 Å². The third kappa shape index (κ3) is 4.86. The van der Waals surface area contributed by atoms with Crippen molar-refractivity contribution in [2.24, 2.45) is 5.92 Å². The van der Waals surface area contributed by atoms with Gasteiger partial charge in [0.15, 0.2) is 5.16 Å². The van der Waals surface area contributed by atoms with Crippen LogP contribution in [0.1, 0.15) is 30.8 Å². The molecule has 4 nitrogen and oxygen atoms in total. The van der Waals surface area contributed by atoms with Crippen LogP contribution in [0.4, 0.5) is 5.69 Å². The topological polar surface area (TPSA) is 46.9 Å². The molecular formula is C18H24BrN3OS. The second-order valence-corrected chi connectivity index (χ2v) is 8.19. The second kappa shape index (κ2) is 8.21. The molecule has 1 amide bonds. The van der Waals surface area contributed by atoms with Crippen LogP contribution < -0.4 is 5.32 Å². The summed E-state index contributed by atoms with van der Waals surface area (Å²) < 4.78 is 3.11. The van der Waals surface area contributed by atoms with Crippen molar-refractivity contribution in [1.29, 1.82) is 0 Å². The Bertz CT molecular complexity index is 740. The van der Waals surface area contributed by atoms with E-state index >= 15 is 0 Å². The lowest BCUT2D eigenvalue weighted by atomic mass is 10.2. The molecule has 1 heterocycles. The fourth-order valence-corrected chi connectivity index (χ4v) is 3.85. The molecule has 0 spiro atoms. The maximum absolute atomic E-state index is 12.3. The molecule has 1 aromatic carbocycles. The molecule has 1 N–H and O–H groups in total. The Morgan fingerprint density at radius 3 is 2.67 bits per heavy atom. The minimum Gasteiger partial charge on any atom is -0.324 e. The Kier molecular flexibility index (Phi) is 6.52. The molecule has 24 heavy (non-hydrogen) atoms. The van der Waals surface area contributed by atoms with Gasteiger partial charge in [-0.15, -0.1) is 0 Å². The smallest absolute Gasteiger partial charge is 0.234 e. The van der Waals surface area contributed by atoms with E-state index in [1.165, 1.54) is 17.5 Å². The Morgan fingerprint density at radius 1 is 1.33 bits per heavy atom. The highest BCUT2D eigenvalue weighted by Crippen LogP contribution is 2.25. The largest absolute Gasteiger partial charge is 0.324 e. The van der Waals surface area contributed by atoms with Crippen LogP contribution in [-0.4, -0.2) is 21.2 Å². The number of thioether (sulfide) groups is 1. The summed E-state index contributed by atoms with van der Waals surface area (Å²) in [5.74, 6) is 0.849. The molecule has 2 rings (SSSR count). The molecule has 0 saturated heterocycles. The first kappa shape index (κ1) is 19.1. The molecule has 0 aliphatic heterocycles. The molecule has 130 valence electrons. The number of aryl methyl sites for hydroxylation is 2. The van der Waals surface area contributed by atoms with Crippen molar-refractivity contribution in [3.63, 3.8) is 0 Å². The van der Waals surface area contributed by atoms with Gasteiger partial charge in [-0.05, 0) is 60.3 Å². The summed E-state index contributed by atoms with van der Waals surface area (Å²) >= 11 is 4.97. The predicted molar refractivity (Wildman–Crippen MR) is 105 cm³/mol. The Morgan fingerprint density at radius 2 is 2.04 bits per heavy atom. The summed E-state index contributed by atoms with van der Waals surface area (Å²) in [6.07, 6.45) is 0. The number of anilines is 1. The number of aromatic nitrogens is 2. The Labute approximate surface area is 156 Å². The van der Waals surface area contributed by atoms with E-state index in [0.717, 1.165) is 33.1 Å². The fraction of sp³-hybridized carbons (Fsp3) is 0.444. The van der Waals surface area contributed by atoms with Gasteiger partial charge < -0.3 is 9.88 Å². The monoisotopic (exact) mass is 409 g/mol. The van der Waals surface area contributed by atoms with Crippen molar-refractivity contribution in [3.8, 4) is 0 Å². The Balaban J connectivity index is 2.02. The summed E-state index contributed by atoms with van der Waals surface area (Å²) in [6, 6.07) is 5.89. The van der Waals surface area contributed by atoms with E-state index in [1.807, 2.05) is 32.0 Å². The number of carbonyl (C=O) groups is 1. The average Bonchev–Trinajstić information content (AvgIpc) is 2.75. The zero-order chi connectivity index (χ0) is 17.9. The molecule has 0 saturated carbocycles. The minimum absolute atomic E-state index is 0.0287. The van der Waals surface area contributed by atoms with Crippen molar-refractivity contribution in [3.05, 3.63) is 39.6 Å². The van der Waals surface area contributed by atoms with Crippen molar-refractivity contribution < 1.29 is 4.79 Å². The molecular weight excluding hydrogens is 386 g/mol. The van der Waals surface area contributed by atoms with E-state index in [2.05, 4.69) is 51.6 Å². The molecule has 0 bridgehead atoms. The lowest BCUT2D eigenvalue weighted by Gasteiger charge is -2.12. The van der Waals surface area contributed by atoms with Gasteiger partial charge in [0.1, 0.15) is 0 Å². The standard InChI is InChI=1S/C18H24BrN3OS/c1-11(2)9-22-14(5)13(4)20-18(22)24-10-17(23)21-16-7-6-12(3)8-15(16)19/h6-8,11H,9-10H2,1-5H3,(H,21,23). The van der Waals surface area contributed by atoms with Crippen LogP contribution in [0.15, 0.2) is 27.8 Å². The summed E-state index contributed by atoms with van der Waals surface area (Å²) in [5.41, 5.74) is 4.15. The second-order valence-electron chi connectivity index (χ2n) is 6.39. The maximum atomic E-state index is 12.3. The highest BCUT2D eigenvalue weighted by atomic mass is 79.9. The van der Waals surface area contributed by atoms with Crippen LogP contribution in [0.25, 0.3) is 0 Å². The third-order valence-electron chi connectivity index (χ3n) is 3.70. The van der Waals surface area contributed by atoms with Gasteiger partial charge in [-0.1, -0.05) is 31.7 Å². The number of hydrogen-bond donors (Lipinski definition) is 1. The van der Waals surface area contributed by atoms with Crippen LogP contribution in [0, 0.1) is 26.7 Å². The van der Waals surface area contributed by atoms with Gasteiger partial charge in [0.2, 0.25) is 5.91 Å². The summed E-state index contributed by atoms with van der Waals surface area (Å²) in [7, 11) is 0. The summed E-state index contributed by atoms with van der Waals surface area (Å²) in [4.78, 5) is 16.9. The van der Waals surface area contributed by atoms with Gasteiger partial charge in [-0.2, -0.15) is 0 Å². The molecule has 0 unspecified atom stereocenters. The molecule has 0 atom stereocenters. The van der Waals surface area contributed by atoms with Crippen LogP contribution in [0.2, 0.25) is 0 Å². The molecule has 0 aliphatic rings. The fourth-order valence-electron chi connectivity index (χ4n) is 2.35. The highest BCUT2D eigenvalue weighted by molar-refractivity contribution is 9.10. The highest BCUT2D eigenvalue weighted by Gasteiger charge is 2.14. The normalized spacial score (nSPS) is 11.1. The van der Waals surface area contributed by atoms with Gasteiger partial charge in [-0.3, -0.25) is 4.79 Å². The van der Waals surface area contributed by atoms with Crippen LogP contribution in [0.5, 0.6) is 0 Å². The van der Waals surface area contributed by atoms with Gasteiger partial charge >= 0.3 is 0 Å². The van der Waals surface area contributed by atoms with Gasteiger partial charge in [0, 0.05) is 16.7 Å². The van der Waals surface area contributed by atoms with E-state index in [9.17, 15) is 4.79 Å². The Hall–Kier alpha value is -1.27. The predicted octanol–water partition coefficient (Wildman–Crippen LogP) is 4.96. The van der Waals surface area contributed by atoms with Crippen LogP contribution in [0.3, 0.4) is 0 Å². The molecule has 0 aliphatic carbocycles. The lowest BCUT2D eigenvalue weighted by molar-refractivity contribution is -0.113. The number of carbonyl (C=O) groups excluding carboxylic acids is 1. The molecule has 1 aromatic heterocycles. The van der Waals surface area contributed by atoms with E-state index < -0.39 is 0 Å². The first-order chi connectivity index (χ1) is 11.3. The number of hydrogen-bond acceptors (Lipinski definition) is 3. The zero-order valence-corrected chi connectivity index (χ0v) is 17.2. The van der Waals surface area contributed by atoms with E-state index in [-0.39, 0.29) is 5.91 Å². The quantitative estimate of drug-likeness (QED) is 0.685. The number of benzene rings is 1. The van der Waals surface area contributed by atoms with E-state index in [1.54, 1.807) is 0 Å². The van der Waals surface area contributed by atoms with Crippen molar-refractivity contribution in [2.75, 3.05) is 11.1 Å². The van der Waals surface area contributed by atoms with Gasteiger partial charge in [-0.25, -0.2) is 4.98 Å². The van der Waals surface area contributed by atoms with Gasteiger partial charge in [0.25, 0.3) is 0 Å². The number of imidazole rings is 1. The van der Waals surface area contributed by atoms with Crippen LogP contribution >= 0.6 is 27.7 Å². The van der Waals surface area contributed by atoms with E-state index in [4.69, 9.17) is 0 Å². The molecule has 0 radical (unpaired) electrons. The average molecular weight is 410 g/mol. The van der Waals surface area contributed by atoms with Crippen molar-refractivity contribution in [1.82, 2.24) is 9.55 Å². The minimum atomic E-state index is -0.0287. The number of nitrogens with one attached hydrogen (secondary N) is 1. The van der Waals surface area contributed by atoms with Crippen molar-refractivity contribution in [2.45, 2.75) is 46.3 Å². The number of amides is 1. The van der Waals surface area contributed by atoms with E-state index in [0.29, 0.717) is 11.7 Å². The third-order valence-corrected chi connectivity index (χ3v) is 5.33. The summed E-state index contributed by atoms with van der Waals surface area (Å²) in [6.45, 7) is 11.4.